The van der Waals surface area contributed by atoms with Crippen LogP contribution < -0.4 is 25.4 Å². The topological polar surface area (TPSA) is 84.0 Å². The van der Waals surface area contributed by atoms with Crippen LogP contribution in [0.5, 0.6) is 11.5 Å². The second-order valence-corrected chi connectivity index (χ2v) is 5.57. The van der Waals surface area contributed by atoms with Crippen LogP contribution >= 0.6 is 0 Å². The molecule has 1 saturated carbocycles. The second-order valence-electron chi connectivity index (χ2n) is 5.57. The Morgan fingerprint density at radius 3 is 2.67 bits per heavy atom. The lowest BCUT2D eigenvalue weighted by Gasteiger charge is -2.12. The van der Waals surface area contributed by atoms with Crippen LogP contribution in [0, 0.1) is 0 Å². The van der Waals surface area contributed by atoms with Crippen molar-refractivity contribution in [1.29, 1.82) is 0 Å². The molecule has 0 radical (unpaired) electrons. The van der Waals surface area contributed by atoms with Crippen LogP contribution in [0.25, 0.3) is 0 Å². The van der Waals surface area contributed by atoms with Crippen molar-refractivity contribution in [3.05, 3.63) is 23.8 Å². The molecule has 1 fully saturated rings. The van der Waals surface area contributed by atoms with Crippen LogP contribution in [0.4, 0.5) is 0 Å². The van der Waals surface area contributed by atoms with E-state index in [1.165, 1.54) is 0 Å². The molecule has 24 heavy (non-hydrogen) atoms. The summed E-state index contributed by atoms with van der Waals surface area (Å²) in [5.41, 5.74) is 0.943. The number of ether oxygens (including phenoxy) is 2. The minimum Gasteiger partial charge on any atom is -0.497 e. The number of guanidine groups is 1. The van der Waals surface area contributed by atoms with Gasteiger partial charge in [-0.15, -0.1) is 0 Å². The lowest BCUT2D eigenvalue weighted by Crippen LogP contribution is -2.43. The summed E-state index contributed by atoms with van der Waals surface area (Å²) >= 11 is 0. The lowest BCUT2D eigenvalue weighted by molar-refractivity contribution is -0.120. The molecule has 0 aromatic heterocycles. The number of aliphatic imine (C=N–C) groups is 1. The van der Waals surface area contributed by atoms with E-state index in [1.54, 1.807) is 14.2 Å². The van der Waals surface area contributed by atoms with E-state index < -0.39 is 0 Å². The molecule has 0 unspecified atom stereocenters. The fourth-order valence-electron chi connectivity index (χ4n) is 2.16. The Kier molecular flexibility index (Phi) is 6.72. The van der Waals surface area contributed by atoms with E-state index in [4.69, 9.17) is 9.47 Å². The third kappa shape index (κ3) is 5.64. The third-order valence-electron chi connectivity index (χ3n) is 3.60. The van der Waals surface area contributed by atoms with Gasteiger partial charge in [-0.2, -0.15) is 0 Å². The zero-order valence-corrected chi connectivity index (χ0v) is 14.5. The average molecular weight is 334 g/mol. The van der Waals surface area contributed by atoms with Gasteiger partial charge in [0.2, 0.25) is 5.91 Å². The summed E-state index contributed by atoms with van der Waals surface area (Å²) in [6, 6.07) is 5.98. The number of methoxy groups -OCH3 is 2. The molecule has 0 aliphatic heterocycles. The van der Waals surface area contributed by atoms with Crippen LogP contribution in [0.3, 0.4) is 0 Å². The number of benzene rings is 1. The quantitative estimate of drug-likeness (QED) is 0.489. The standard InChI is InChI=1S/C17H26N4O3/c1-4-18-17(20-11-16(22)21-13-6-7-13)19-10-12-5-8-14(23-2)9-15(12)24-3/h5,8-9,13H,4,6-7,10-11H2,1-3H3,(H,21,22)(H2,18,19,20). The van der Waals surface area contributed by atoms with Crippen molar-refractivity contribution in [2.45, 2.75) is 32.4 Å². The van der Waals surface area contributed by atoms with Gasteiger partial charge < -0.3 is 25.4 Å². The highest BCUT2D eigenvalue weighted by Crippen LogP contribution is 2.25. The molecule has 3 N–H and O–H groups in total. The smallest absolute Gasteiger partial charge is 0.239 e. The highest BCUT2D eigenvalue weighted by Gasteiger charge is 2.22. The summed E-state index contributed by atoms with van der Waals surface area (Å²) in [6.07, 6.45) is 2.16. The lowest BCUT2D eigenvalue weighted by atomic mass is 10.2. The number of carbonyl (C=O) groups excluding carboxylic acids is 1. The first-order chi connectivity index (χ1) is 11.7. The molecule has 0 saturated heterocycles. The number of nitrogens with one attached hydrogen (secondary N) is 3. The van der Waals surface area contributed by atoms with Crippen molar-refractivity contribution in [3.63, 3.8) is 0 Å². The Hall–Kier alpha value is -2.44. The SMILES string of the molecule is CCNC(=NCc1ccc(OC)cc1OC)NCC(=O)NC1CC1. The molecule has 1 aromatic carbocycles. The number of amides is 1. The maximum absolute atomic E-state index is 11.8. The summed E-state index contributed by atoms with van der Waals surface area (Å²) in [4.78, 5) is 16.3. The molecule has 2 rings (SSSR count). The molecule has 7 nitrogen and oxygen atoms in total. The van der Waals surface area contributed by atoms with E-state index in [-0.39, 0.29) is 12.5 Å². The van der Waals surface area contributed by atoms with Gasteiger partial charge in [-0.3, -0.25) is 4.79 Å². The largest absolute Gasteiger partial charge is 0.497 e. The Morgan fingerprint density at radius 1 is 1.25 bits per heavy atom. The number of hydrogen-bond acceptors (Lipinski definition) is 4. The zero-order valence-electron chi connectivity index (χ0n) is 14.5. The summed E-state index contributed by atoms with van der Waals surface area (Å²) in [5, 5.41) is 9.11. The summed E-state index contributed by atoms with van der Waals surface area (Å²) in [6.45, 7) is 3.35. The molecule has 0 heterocycles. The van der Waals surface area contributed by atoms with Gasteiger partial charge in [0, 0.05) is 24.2 Å². The number of hydrogen-bond donors (Lipinski definition) is 3. The number of rotatable bonds is 8. The Morgan fingerprint density at radius 2 is 2.04 bits per heavy atom. The molecule has 132 valence electrons. The predicted molar refractivity (Wildman–Crippen MR) is 93.5 cm³/mol. The first-order valence-electron chi connectivity index (χ1n) is 8.18. The van der Waals surface area contributed by atoms with E-state index in [0.717, 1.165) is 36.4 Å². The van der Waals surface area contributed by atoms with Gasteiger partial charge in [0.25, 0.3) is 0 Å². The minimum absolute atomic E-state index is 0.00914. The van der Waals surface area contributed by atoms with Gasteiger partial charge in [0.05, 0.1) is 27.3 Å². The molecule has 7 heteroatoms. The van der Waals surface area contributed by atoms with Crippen molar-refractivity contribution in [1.82, 2.24) is 16.0 Å². The summed E-state index contributed by atoms with van der Waals surface area (Å²) in [7, 11) is 3.24. The van der Waals surface area contributed by atoms with Gasteiger partial charge in [-0.1, -0.05) is 0 Å². The molecule has 0 bridgehead atoms. The molecule has 0 atom stereocenters. The van der Waals surface area contributed by atoms with E-state index in [9.17, 15) is 4.79 Å². The Bertz CT molecular complexity index is 585. The third-order valence-corrected chi connectivity index (χ3v) is 3.60. The maximum Gasteiger partial charge on any atom is 0.239 e. The molecule has 0 spiro atoms. The zero-order chi connectivity index (χ0) is 17.4. The molecular formula is C17H26N4O3. The van der Waals surface area contributed by atoms with Gasteiger partial charge in [-0.25, -0.2) is 4.99 Å². The van der Waals surface area contributed by atoms with Gasteiger partial charge in [0.1, 0.15) is 11.5 Å². The highest BCUT2D eigenvalue weighted by molar-refractivity contribution is 5.86. The molecular weight excluding hydrogens is 308 g/mol. The molecule has 1 aliphatic rings. The van der Waals surface area contributed by atoms with Crippen LogP contribution in [-0.4, -0.2) is 45.2 Å². The van der Waals surface area contributed by atoms with E-state index in [2.05, 4.69) is 20.9 Å². The first kappa shape index (κ1) is 17.9. The maximum atomic E-state index is 11.8. The van der Waals surface area contributed by atoms with Gasteiger partial charge in [-0.05, 0) is 31.9 Å². The number of nitrogens with zero attached hydrogens (tertiary/aromatic N) is 1. The second kappa shape index (κ2) is 9.00. The van der Waals surface area contributed by atoms with Crippen molar-refractivity contribution < 1.29 is 14.3 Å². The van der Waals surface area contributed by atoms with Crippen molar-refractivity contribution in [2.75, 3.05) is 27.3 Å². The fraction of sp³-hybridized carbons (Fsp3) is 0.529. The van der Waals surface area contributed by atoms with E-state index in [0.29, 0.717) is 18.5 Å². The fourth-order valence-corrected chi connectivity index (χ4v) is 2.16. The minimum atomic E-state index is -0.00914. The number of carbonyl (C=O) groups is 1. The van der Waals surface area contributed by atoms with Crippen molar-refractivity contribution in [2.24, 2.45) is 4.99 Å². The van der Waals surface area contributed by atoms with Crippen LogP contribution in [0.1, 0.15) is 25.3 Å². The predicted octanol–water partition coefficient (Wildman–Crippen LogP) is 1.04. The summed E-state index contributed by atoms with van der Waals surface area (Å²) < 4.78 is 10.6. The summed E-state index contributed by atoms with van der Waals surface area (Å²) in [5.74, 6) is 2.05. The highest BCUT2D eigenvalue weighted by atomic mass is 16.5. The molecule has 1 amide bonds. The monoisotopic (exact) mass is 334 g/mol. The first-order valence-corrected chi connectivity index (χ1v) is 8.18. The normalized spacial score (nSPS) is 14.0. The molecule has 1 aromatic rings. The van der Waals surface area contributed by atoms with Crippen LogP contribution in [0.2, 0.25) is 0 Å². The van der Waals surface area contributed by atoms with Gasteiger partial charge >= 0.3 is 0 Å². The average Bonchev–Trinajstić information content (AvgIpc) is 3.41. The van der Waals surface area contributed by atoms with Gasteiger partial charge in [0.15, 0.2) is 5.96 Å². The molecule has 1 aliphatic carbocycles. The Labute approximate surface area is 142 Å². The van der Waals surface area contributed by atoms with Crippen molar-refractivity contribution in [3.8, 4) is 11.5 Å². The Balaban J connectivity index is 1.95. The van der Waals surface area contributed by atoms with Crippen LogP contribution in [0.15, 0.2) is 23.2 Å². The van der Waals surface area contributed by atoms with Crippen LogP contribution in [-0.2, 0) is 11.3 Å². The van der Waals surface area contributed by atoms with E-state index >= 15 is 0 Å². The van der Waals surface area contributed by atoms with Crippen molar-refractivity contribution >= 4 is 11.9 Å². The van der Waals surface area contributed by atoms with E-state index in [1.807, 2.05) is 25.1 Å².